The van der Waals surface area contributed by atoms with Gasteiger partial charge in [-0.15, -0.1) is 0 Å². The Bertz CT molecular complexity index is 262. The maximum atomic E-state index is 10.8. The molecule has 3 N–H and O–H groups in total. The topological polar surface area (TPSA) is 79.8 Å². The summed E-state index contributed by atoms with van der Waals surface area (Å²) >= 11 is 0. The first-order valence-corrected chi connectivity index (χ1v) is 6.15. The summed E-state index contributed by atoms with van der Waals surface area (Å²) in [5.41, 5.74) is 0. The standard InChI is InChI=1S/C11H20N2O4/c14-6-10(15)13-4-1-3-12-8-7-17-9-2-5-16-11(8)9/h8-9,11-12,14H,1-7H2,(H,13,15)/t8?,9-,11-/m1/s1. The van der Waals surface area contributed by atoms with Crippen molar-refractivity contribution in [3.05, 3.63) is 0 Å². The average Bonchev–Trinajstić information content (AvgIpc) is 2.92. The predicted molar refractivity (Wildman–Crippen MR) is 60.6 cm³/mol. The first-order valence-electron chi connectivity index (χ1n) is 6.15. The Kier molecular flexibility index (Phi) is 4.73. The second-order valence-electron chi connectivity index (χ2n) is 4.42. The third kappa shape index (κ3) is 3.38. The maximum Gasteiger partial charge on any atom is 0.245 e. The van der Waals surface area contributed by atoms with Crippen molar-refractivity contribution in [3.8, 4) is 0 Å². The minimum atomic E-state index is -0.443. The van der Waals surface area contributed by atoms with E-state index in [4.69, 9.17) is 14.6 Å². The molecule has 0 aromatic carbocycles. The number of aliphatic hydroxyl groups excluding tert-OH is 1. The van der Waals surface area contributed by atoms with Gasteiger partial charge in [-0.25, -0.2) is 0 Å². The average molecular weight is 244 g/mol. The highest BCUT2D eigenvalue weighted by atomic mass is 16.6. The van der Waals surface area contributed by atoms with Crippen molar-refractivity contribution < 1.29 is 19.4 Å². The summed E-state index contributed by atoms with van der Waals surface area (Å²) in [5.74, 6) is -0.326. The molecule has 0 bridgehead atoms. The molecule has 6 heteroatoms. The largest absolute Gasteiger partial charge is 0.387 e. The monoisotopic (exact) mass is 244 g/mol. The molecule has 2 fully saturated rings. The summed E-state index contributed by atoms with van der Waals surface area (Å²) in [6.45, 7) is 2.45. The lowest BCUT2D eigenvalue weighted by Gasteiger charge is -2.17. The number of nitrogens with one attached hydrogen (secondary N) is 2. The highest BCUT2D eigenvalue weighted by molar-refractivity contribution is 5.76. The molecule has 0 saturated carbocycles. The third-order valence-corrected chi connectivity index (χ3v) is 3.19. The molecular weight excluding hydrogens is 224 g/mol. The zero-order chi connectivity index (χ0) is 12.1. The van der Waals surface area contributed by atoms with E-state index in [2.05, 4.69) is 10.6 Å². The van der Waals surface area contributed by atoms with Crippen LogP contribution in [0.25, 0.3) is 0 Å². The van der Waals surface area contributed by atoms with E-state index in [0.29, 0.717) is 13.2 Å². The van der Waals surface area contributed by atoms with Crippen LogP contribution in [0.15, 0.2) is 0 Å². The Labute approximate surface area is 101 Å². The normalized spacial score (nSPS) is 31.5. The lowest BCUT2D eigenvalue weighted by atomic mass is 10.1. The van der Waals surface area contributed by atoms with E-state index in [1.54, 1.807) is 0 Å². The molecule has 2 aliphatic heterocycles. The van der Waals surface area contributed by atoms with Gasteiger partial charge in [0.1, 0.15) is 12.7 Å². The summed E-state index contributed by atoms with van der Waals surface area (Å²) in [5, 5.41) is 14.5. The summed E-state index contributed by atoms with van der Waals surface area (Å²) in [7, 11) is 0. The van der Waals surface area contributed by atoms with Crippen molar-refractivity contribution in [3.63, 3.8) is 0 Å². The SMILES string of the molecule is O=C(CO)NCCCNC1CO[C@@H]2CCO[C@H]12. The molecule has 2 aliphatic rings. The number of aliphatic hydroxyl groups is 1. The van der Waals surface area contributed by atoms with Gasteiger partial charge < -0.3 is 25.2 Å². The first-order chi connectivity index (χ1) is 8.31. The van der Waals surface area contributed by atoms with E-state index in [1.165, 1.54) is 0 Å². The van der Waals surface area contributed by atoms with E-state index in [1.807, 2.05) is 0 Å². The van der Waals surface area contributed by atoms with Gasteiger partial charge in [0, 0.05) is 13.2 Å². The summed E-state index contributed by atoms with van der Waals surface area (Å²) in [6.07, 6.45) is 2.29. The number of fused-ring (bicyclic) bond motifs is 1. The number of carbonyl (C=O) groups excluding carboxylic acids is 1. The molecule has 1 amide bonds. The Morgan fingerprint density at radius 3 is 3.06 bits per heavy atom. The van der Waals surface area contributed by atoms with Crippen LogP contribution in [0.5, 0.6) is 0 Å². The molecule has 1 unspecified atom stereocenters. The fraction of sp³-hybridized carbons (Fsp3) is 0.909. The molecule has 2 rings (SSSR count). The summed E-state index contributed by atoms with van der Waals surface area (Å²) in [6, 6.07) is 0.274. The van der Waals surface area contributed by atoms with Crippen LogP contribution in [0, 0.1) is 0 Å². The molecule has 2 heterocycles. The second-order valence-corrected chi connectivity index (χ2v) is 4.42. The van der Waals surface area contributed by atoms with Gasteiger partial charge in [-0.05, 0) is 19.4 Å². The third-order valence-electron chi connectivity index (χ3n) is 3.19. The molecule has 6 nitrogen and oxygen atoms in total. The van der Waals surface area contributed by atoms with Gasteiger partial charge in [0.25, 0.3) is 0 Å². The van der Waals surface area contributed by atoms with Crippen LogP contribution in [-0.4, -0.2) is 62.2 Å². The van der Waals surface area contributed by atoms with Crippen LogP contribution in [0.2, 0.25) is 0 Å². The minimum Gasteiger partial charge on any atom is -0.387 e. The van der Waals surface area contributed by atoms with E-state index in [0.717, 1.165) is 26.0 Å². The number of amides is 1. The summed E-state index contributed by atoms with van der Waals surface area (Å²) < 4.78 is 11.2. The molecule has 0 aromatic heterocycles. The molecule has 2 saturated heterocycles. The van der Waals surface area contributed by atoms with E-state index in [9.17, 15) is 4.79 Å². The fourth-order valence-corrected chi connectivity index (χ4v) is 2.30. The molecule has 0 spiro atoms. The van der Waals surface area contributed by atoms with Gasteiger partial charge in [0.2, 0.25) is 5.91 Å². The fourth-order valence-electron chi connectivity index (χ4n) is 2.30. The Morgan fingerprint density at radius 1 is 1.35 bits per heavy atom. The molecular formula is C11H20N2O4. The van der Waals surface area contributed by atoms with Crippen molar-refractivity contribution in [2.45, 2.75) is 31.1 Å². The number of hydrogen-bond acceptors (Lipinski definition) is 5. The van der Waals surface area contributed by atoms with Crippen LogP contribution >= 0.6 is 0 Å². The molecule has 17 heavy (non-hydrogen) atoms. The molecule has 0 radical (unpaired) electrons. The number of carbonyl (C=O) groups is 1. The van der Waals surface area contributed by atoms with Crippen LogP contribution in [0.1, 0.15) is 12.8 Å². The smallest absolute Gasteiger partial charge is 0.245 e. The van der Waals surface area contributed by atoms with Gasteiger partial charge in [-0.1, -0.05) is 0 Å². The van der Waals surface area contributed by atoms with E-state index < -0.39 is 6.61 Å². The van der Waals surface area contributed by atoms with Crippen molar-refractivity contribution in [2.24, 2.45) is 0 Å². The van der Waals surface area contributed by atoms with Gasteiger partial charge in [0.15, 0.2) is 0 Å². The first kappa shape index (κ1) is 12.8. The van der Waals surface area contributed by atoms with Crippen molar-refractivity contribution >= 4 is 5.91 Å². The van der Waals surface area contributed by atoms with Gasteiger partial charge in [-0.3, -0.25) is 4.79 Å². The second kappa shape index (κ2) is 6.30. The highest BCUT2D eigenvalue weighted by Gasteiger charge is 2.41. The van der Waals surface area contributed by atoms with Crippen molar-refractivity contribution in [2.75, 3.05) is 32.9 Å². The number of ether oxygens (including phenoxy) is 2. The van der Waals surface area contributed by atoms with Gasteiger partial charge in [-0.2, -0.15) is 0 Å². The Morgan fingerprint density at radius 2 is 2.24 bits per heavy atom. The highest BCUT2D eigenvalue weighted by Crippen LogP contribution is 2.26. The van der Waals surface area contributed by atoms with E-state index in [-0.39, 0.29) is 24.2 Å². The number of rotatable bonds is 6. The van der Waals surface area contributed by atoms with Crippen LogP contribution in [0.3, 0.4) is 0 Å². The van der Waals surface area contributed by atoms with Crippen LogP contribution in [-0.2, 0) is 14.3 Å². The zero-order valence-electron chi connectivity index (χ0n) is 9.85. The summed E-state index contributed by atoms with van der Waals surface area (Å²) in [4.78, 5) is 10.8. The molecule has 3 atom stereocenters. The van der Waals surface area contributed by atoms with Gasteiger partial charge >= 0.3 is 0 Å². The Hall–Kier alpha value is -0.690. The predicted octanol–water partition coefficient (Wildman–Crippen LogP) is -1.37. The Balaban J connectivity index is 1.55. The molecule has 98 valence electrons. The lowest BCUT2D eigenvalue weighted by Crippen LogP contribution is -2.41. The molecule has 0 aromatic rings. The zero-order valence-corrected chi connectivity index (χ0v) is 9.85. The maximum absolute atomic E-state index is 10.8. The van der Waals surface area contributed by atoms with Crippen molar-refractivity contribution in [1.82, 2.24) is 10.6 Å². The van der Waals surface area contributed by atoms with Crippen molar-refractivity contribution in [1.29, 1.82) is 0 Å². The van der Waals surface area contributed by atoms with Crippen LogP contribution in [0.4, 0.5) is 0 Å². The number of hydrogen-bond donors (Lipinski definition) is 3. The minimum absolute atomic E-state index is 0.196. The lowest BCUT2D eigenvalue weighted by molar-refractivity contribution is -0.123. The quantitative estimate of drug-likeness (QED) is 0.502. The molecule has 0 aliphatic carbocycles. The van der Waals surface area contributed by atoms with Gasteiger partial charge in [0.05, 0.1) is 18.8 Å². The van der Waals surface area contributed by atoms with E-state index >= 15 is 0 Å². The van der Waals surface area contributed by atoms with Crippen LogP contribution < -0.4 is 10.6 Å².